The van der Waals surface area contributed by atoms with Crippen LogP contribution in [0.5, 0.6) is 5.75 Å². The highest BCUT2D eigenvalue weighted by molar-refractivity contribution is 5.95. The summed E-state index contributed by atoms with van der Waals surface area (Å²) in [6, 6.07) is 3.14. The molecule has 6 nitrogen and oxygen atoms in total. The predicted octanol–water partition coefficient (Wildman–Crippen LogP) is 1.37. The van der Waals surface area contributed by atoms with Gasteiger partial charge in [-0.05, 0) is 37.9 Å². The Labute approximate surface area is 122 Å². The lowest BCUT2D eigenvalue weighted by atomic mass is 9.96. The maximum atomic E-state index is 11.9. The van der Waals surface area contributed by atoms with Crippen molar-refractivity contribution in [1.82, 2.24) is 14.7 Å². The highest BCUT2D eigenvalue weighted by Gasteiger charge is 2.21. The Bertz CT molecular complexity index is 659. The molecule has 0 amide bonds. The van der Waals surface area contributed by atoms with Crippen LogP contribution in [0, 0.1) is 5.92 Å². The second kappa shape index (κ2) is 5.73. The van der Waals surface area contributed by atoms with Crippen molar-refractivity contribution in [2.24, 2.45) is 5.92 Å². The average molecular weight is 289 g/mol. The summed E-state index contributed by atoms with van der Waals surface area (Å²) in [6.45, 7) is 2.04. The predicted molar refractivity (Wildman–Crippen MR) is 77.5 cm³/mol. The van der Waals surface area contributed by atoms with Gasteiger partial charge in [-0.25, -0.2) is 9.78 Å². The van der Waals surface area contributed by atoms with E-state index in [1.807, 2.05) is 4.40 Å². The lowest BCUT2D eigenvalue weighted by molar-refractivity contribution is 0.0596. The van der Waals surface area contributed by atoms with Crippen LogP contribution in [0.4, 0.5) is 0 Å². The van der Waals surface area contributed by atoms with Crippen molar-refractivity contribution in [3.8, 4) is 5.75 Å². The van der Waals surface area contributed by atoms with Gasteiger partial charge in [0.1, 0.15) is 11.6 Å². The molecular formula is C15H19N3O3. The van der Waals surface area contributed by atoms with Crippen LogP contribution >= 0.6 is 0 Å². The van der Waals surface area contributed by atoms with E-state index in [0.717, 1.165) is 31.8 Å². The minimum absolute atomic E-state index is 0.110. The summed E-state index contributed by atoms with van der Waals surface area (Å²) in [6.07, 6.45) is 4.87. The number of carbonyl (C=O) groups is 1. The first-order valence-corrected chi connectivity index (χ1v) is 7.18. The molecule has 3 rings (SSSR count). The normalized spacial score (nSPS) is 18.8. The Hall–Kier alpha value is -2.08. The molecule has 3 heterocycles. The van der Waals surface area contributed by atoms with Crippen LogP contribution in [0.25, 0.3) is 5.52 Å². The monoisotopic (exact) mass is 289 g/mol. The van der Waals surface area contributed by atoms with Gasteiger partial charge in [-0.2, -0.15) is 0 Å². The largest absolute Gasteiger partial charge is 0.508 e. The summed E-state index contributed by atoms with van der Waals surface area (Å²) in [4.78, 5) is 16.3. The number of rotatable bonds is 3. The van der Waals surface area contributed by atoms with Crippen LogP contribution < -0.4 is 5.32 Å². The molecule has 1 fully saturated rings. The van der Waals surface area contributed by atoms with E-state index in [0.29, 0.717) is 11.4 Å². The number of hydrogen-bond donors (Lipinski definition) is 2. The highest BCUT2D eigenvalue weighted by atomic mass is 16.5. The maximum absolute atomic E-state index is 11.9. The van der Waals surface area contributed by atoms with Crippen molar-refractivity contribution < 1.29 is 14.6 Å². The number of fused-ring (bicyclic) bond motifs is 1. The van der Waals surface area contributed by atoms with Gasteiger partial charge in [0.25, 0.3) is 0 Å². The third kappa shape index (κ3) is 2.71. The number of ether oxygens (including phenoxy) is 1. The summed E-state index contributed by atoms with van der Waals surface area (Å²) in [7, 11) is 1.33. The Kier molecular flexibility index (Phi) is 3.79. The number of nitrogens with zero attached hydrogens (tertiary/aromatic N) is 2. The van der Waals surface area contributed by atoms with Gasteiger partial charge < -0.3 is 19.6 Å². The van der Waals surface area contributed by atoms with E-state index in [2.05, 4.69) is 10.3 Å². The second-order valence-corrected chi connectivity index (χ2v) is 5.42. The molecule has 0 saturated carbocycles. The summed E-state index contributed by atoms with van der Waals surface area (Å²) < 4.78 is 6.64. The number of esters is 1. The van der Waals surface area contributed by atoms with Gasteiger partial charge in [0.05, 0.1) is 12.6 Å². The van der Waals surface area contributed by atoms with Gasteiger partial charge in [-0.15, -0.1) is 0 Å². The number of aromatic hydroxyl groups is 1. The molecule has 0 bridgehead atoms. The number of nitrogens with one attached hydrogen (secondary N) is 1. The third-order valence-corrected chi connectivity index (χ3v) is 3.95. The quantitative estimate of drug-likeness (QED) is 0.835. The minimum Gasteiger partial charge on any atom is -0.508 e. The van der Waals surface area contributed by atoms with E-state index >= 15 is 0 Å². The second-order valence-electron chi connectivity index (χ2n) is 5.42. The molecule has 0 aromatic carbocycles. The number of pyridine rings is 1. The number of hydrogen-bond acceptors (Lipinski definition) is 5. The Balaban J connectivity index is 1.99. The van der Waals surface area contributed by atoms with Gasteiger partial charge in [0, 0.05) is 18.7 Å². The van der Waals surface area contributed by atoms with Crippen LogP contribution in [0.15, 0.2) is 18.3 Å². The first-order valence-electron chi connectivity index (χ1n) is 7.18. The van der Waals surface area contributed by atoms with E-state index in [1.54, 1.807) is 18.3 Å². The zero-order valence-corrected chi connectivity index (χ0v) is 12.0. The van der Waals surface area contributed by atoms with Crippen LogP contribution in [0.2, 0.25) is 0 Å². The summed E-state index contributed by atoms with van der Waals surface area (Å²) >= 11 is 0. The first kappa shape index (κ1) is 13.9. The topological polar surface area (TPSA) is 75.9 Å². The zero-order valence-electron chi connectivity index (χ0n) is 12.0. The van der Waals surface area contributed by atoms with E-state index in [1.165, 1.54) is 13.5 Å². The lowest BCUT2D eigenvalue weighted by Gasteiger charge is -2.21. The Morgan fingerprint density at radius 1 is 1.62 bits per heavy atom. The first-order chi connectivity index (χ1) is 10.2. The fraction of sp³-hybridized carbons (Fsp3) is 0.467. The molecule has 112 valence electrons. The molecule has 21 heavy (non-hydrogen) atoms. The van der Waals surface area contributed by atoms with E-state index in [4.69, 9.17) is 4.74 Å². The van der Waals surface area contributed by atoms with Crippen molar-refractivity contribution in [3.63, 3.8) is 0 Å². The van der Waals surface area contributed by atoms with Crippen LogP contribution in [0.1, 0.15) is 29.2 Å². The Morgan fingerprint density at radius 2 is 2.48 bits per heavy atom. The minimum atomic E-state index is -0.480. The maximum Gasteiger partial charge on any atom is 0.358 e. The molecular weight excluding hydrogens is 270 g/mol. The van der Waals surface area contributed by atoms with Crippen molar-refractivity contribution in [2.75, 3.05) is 20.2 Å². The van der Waals surface area contributed by atoms with Gasteiger partial charge in [0.2, 0.25) is 0 Å². The van der Waals surface area contributed by atoms with Gasteiger partial charge in [-0.1, -0.05) is 0 Å². The van der Waals surface area contributed by atoms with E-state index in [9.17, 15) is 9.90 Å². The number of piperidine rings is 1. The van der Waals surface area contributed by atoms with E-state index in [-0.39, 0.29) is 11.4 Å². The van der Waals surface area contributed by atoms with Crippen molar-refractivity contribution >= 4 is 11.5 Å². The molecule has 1 atom stereocenters. The number of methoxy groups -OCH3 is 1. The van der Waals surface area contributed by atoms with Gasteiger partial charge >= 0.3 is 5.97 Å². The van der Waals surface area contributed by atoms with Crippen LogP contribution in [-0.4, -0.2) is 40.7 Å². The fourth-order valence-electron chi connectivity index (χ4n) is 2.88. The molecule has 1 aliphatic rings. The summed E-state index contributed by atoms with van der Waals surface area (Å²) in [5.74, 6) is 0.979. The molecule has 2 aromatic rings. The lowest BCUT2D eigenvalue weighted by Crippen LogP contribution is -2.31. The molecule has 0 radical (unpaired) electrons. The number of imidazole rings is 1. The SMILES string of the molecule is COC(=O)c1nc(CC2CCCNC2)n2ccc(O)cc12. The molecule has 2 N–H and O–H groups in total. The molecule has 1 saturated heterocycles. The van der Waals surface area contributed by atoms with Crippen molar-refractivity contribution in [3.05, 3.63) is 29.8 Å². The van der Waals surface area contributed by atoms with Crippen LogP contribution in [-0.2, 0) is 11.2 Å². The van der Waals surface area contributed by atoms with Crippen molar-refractivity contribution in [2.45, 2.75) is 19.3 Å². The van der Waals surface area contributed by atoms with E-state index < -0.39 is 5.97 Å². The number of aromatic nitrogens is 2. The molecule has 1 aliphatic heterocycles. The van der Waals surface area contributed by atoms with Gasteiger partial charge in [-0.3, -0.25) is 0 Å². The smallest absolute Gasteiger partial charge is 0.358 e. The Morgan fingerprint density at radius 3 is 3.19 bits per heavy atom. The molecule has 1 unspecified atom stereocenters. The molecule has 2 aromatic heterocycles. The van der Waals surface area contributed by atoms with Crippen LogP contribution in [0.3, 0.4) is 0 Å². The summed E-state index contributed by atoms with van der Waals surface area (Å²) in [5.41, 5.74) is 0.841. The molecule has 0 aliphatic carbocycles. The van der Waals surface area contributed by atoms with Crippen molar-refractivity contribution in [1.29, 1.82) is 0 Å². The fourth-order valence-corrected chi connectivity index (χ4v) is 2.88. The standard InChI is InChI=1S/C15H19N3O3/c1-21-15(20)14-12-8-11(19)4-6-18(12)13(17-14)7-10-3-2-5-16-9-10/h4,6,8,10,16,19H,2-3,5,7,9H2,1H3. The third-order valence-electron chi connectivity index (χ3n) is 3.95. The molecule has 6 heteroatoms. The van der Waals surface area contributed by atoms with Gasteiger partial charge in [0.15, 0.2) is 5.69 Å². The highest BCUT2D eigenvalue weighted by Crippen LogP contribution is 2.22. The summed E-state index contributed by atoms with van der Waals surface area (Å²) in [5, 5.41) is 13.0. The average Bonchev–Trinajstić information content (AvgIpc) is 2.85. The number of carbonyl (C=O) groups excluding carboxylic acids is 1. The zero-order chi connectivity index (χ0) is 14.8. The molecule has 0 spiro atoms.